The van der Waals surface area contributed by atoms with Gasteiger partial charge in [0.05, 0.1) is 35.5 Å². The number of halogens is 1. The van der Waals surface area contributed by atoms with Gasteiger partial charge in [-0.3, -0.25) is 9.89 Å². The molecule has 0 unspecified atom stereocenters. The third-order valence-electron chi connectivity index (χ3n) is 10.8. The van der Waals surface area contributed by atoms with Gasteiger partial charge in [-0.15, -0.1) is 0 Å². The molecule has 1 saturated heterocycles. The number of aromatic amines is 1. The maximum Gasteiger partial charge on any atom is 0.268 e. The lowest BCUT2D eigenvalue weighted by Gasteiger charge is -2.34. The molecule has 1 fully saturated rings. The molecule has 5 aromatic rings. The van der Waals surface area contributed by atoms with E-state index in [-0.39, 0.29) is 33.1 Å². The normalized spacial score (nSPS) is 15.8. The van der Waals surface area contributed by atoms with Gasteiger partial charge in [0.2, 0.25) is 5.88 Å². The van der Waals surface area contributed by atoms with Crippen molar-refractivity contribution in [2.45, 2.75) is 57.3 Å². The van der Waals surface area contributed by atoms with Gasteiger partial charge in [-0.2, -0.15) is 10.4 Å². The number of H-pyrrole nitrogens is 1. The highest BCUT2D eigenvalue weighted by Crippen LogP contribution is 2.43. The fourth-order valence-electron chi connectivity index (χ4n) is 7.44. The second-order valence-corrected chi connectivity index (χ2v) is 17.8. The molecular formula is C44H48ClN7O6S. The number of aromatic nitrogens is 3. The van der Waals surface area contributed by atoms with E-state index in [9.17, 15) is 18.5 Å². The van der Waals surface area contributed by atoms with Gasteiger partial charge in [0.25, 0.3) is 15.9 Å². The van der Waals surface area contributed by atoms with E-state index in [4.69, 9.17) is 25.8 Å². The third-order valence-corrected chi connectivity index (χ3v) is 12.4. The summed E-state index contributed by atoms with van der Waals surface area (Å²) in [5.74, 6) is 0.0948. The van der Waals surface area contributed by atoms with Crippen LogP contribution in [-0.2, 0) is 14.8 Å². The molecule has 1 amide bonds. The van der Waals surface area contributed by atoms with E-state index in [0.717, 1.165) is 67.9 Å². The first kappa shape index (κ1) is 41.7. The number of anilines is 1. The minimum Gasteiger partial charge on any atom is -0.477 e. The van der Waals surface area contributed by atoms with Gasteiger partial charge in [0.15, 0.2) is 0 Å². The number of carbonyl (C=O) groups is 1. The van der Waals surface area contributed by atoms with Crippen LogP contribution in [0, 0.1) is 22.7 Å². The van der Waals surface area contributed by atoms with E-state index in [2.05, 4.69) is 56.5 Å². The second kappa shape index (κ2) is 18.6. The van der Waals surface area contributed by atoms with Gasteiger partial charge < -0.3 is 24.8 Å². The summed E-state index contributed by atoms with van der Waals surface area (Å²) in [6.45, 7) is 8.35. The Bertz CT molecular complexity index is 2470. The number of pyridine rings is 1. The first-order valence-corrected chi connectivity index (χ1v) is 21.7. The zero-order valence-corrected chi connectivity index (χ0v) is 34.7. The number of ether oxygens (including phenoxy) is 3. The summed E-state index contributed by atoms with van der Waals surface area (Å²) in [6, 6.07) is 21.4. The lowest BCUT2D eigenvalue weighted by Crippen LogP contribution is -2.31. The highest BCUT2D eigenvalue weighted by Gasteiger charge is 2.28. The summed E-state index contributed by atoms with van der Waals surface area (Å²) >= 11 is 6.19. The summed E-state index contributed by atoms with van der Waals surface area (Å²) in [4.78, 5) is 17.5. The number of nitrogens with zero attached hydrogens (tertiary/aromatic N) is 3. The fraction of sp³-hybridized carbons (Fsp3) is 0.364. The van der Waals surface area contributed by atoms with Crippen LogP contribution in [0.25, 0.3) is 16.5 Å². The number of nitriles is 1. The van der Waals surface area contributed by atoms with Crippen LogP contribution in [0.3, 0.4) is 0 Å². The number of rotatable bonds is 16. The van der Waals surface area contributed by atoms with Crippen molar-refractivity contribution in [3.63, 3.8) is 0 Å². The maximum absolute atomic E-state index is 13.8. The van der Waals surface area contributed by atoms with Gasteiger partial charge in [-0.1, -0.05) is 49.2 Å². The third kappa shape index (κ3) is 10.6. The molecule has 0 atom stereocenters. The lowest BCUT2D eigenvalue weighted by atomic mass is 9.72. The standard InChI is InChI=1S/C44H48ClN7O6S/c1-44(2)16-12-31(37(24-44)30-6-8-33(45)9-7-30)26-47-17-18-48-34-10-11-36(41(23-34)58-40-5-3-4-39-38(40)28-50-51-39)42(53)52-59(54,55)35-22-32(25-46)43(49-27-35)57-21-15-29-13-19-56-20-14-29/h3-11,22-23,27-29,47-48H,12-21,24,26H2,1-2H3,(H,50,51)(H,52,53). The van der Waals surface area contributed by atoms with Crippen molar-refractivity contribution in [1.82, 2.24) is 25.2 Å². The molecule has 7 rings (SSSR count). The largest absolute Gasteiger partial charge is 0.477 e. The van der Waals surface area contributed by atoms with Crippen LogP contribution >= 0.6 is 11.6 Å². The number of nitrogens with one attached hydrogen (secondary N) is 4. The summed E-state index contributed by atoms with van der Waals surface area (Å²) in [5.41, 5.74) is 5.49. The Balaban J connectivity index is 1.04. The molecular weight excluding hydrogens is 790 g/mol. The summed E-state index contributed by atoms with van der Waals surface area (Å²) in [5, 5.41) is 25.2. The zero-order chi connectivity index (χ0) is 41.4. The second-order valence-electron chi connectivity index (χ2n) is 15.7. The van der Waals surface area contributed by atoms with Gasteiger partial charge in [-0.25, -0.2) is 18.1 Å². The predicted octanol–water partition coefficient (Wildman–Crippen LogP) is 8.25. The highest BCUT2D eigenvalue weighted by molar-refractivity contribution is 7.90. The average molecular weight is 838 g/mol. The minimum absolute atomic E-state index is 0.0267. The number of amides is 1. The minimum atomic E-state index is -4.47. The fourth-order valence-corrected chi connectivity index (χ4v) is 8.50. The summed E-state index contributed by atoms with van der Waals surface area (Å²) in [7, 11) is -4.47. The molecule has 1 aliphatic carbocycles. The van der Waals surface area contributed by atoms with Crippen LogP contribution < -0.4 is 24.8 Å². The van der Waals surface area contributed by atoms with Crippen LogP contribution in [-0.4, -0.2) is 69.0 Å². The van der Waals surface area contributed by atoms with Gasteiger partial charge >= 0.3 is 0 Å². The topological polar surface area (TPSA) is 180 Å². The van der Waals surface area contributed by atoms with Crippen LogP contribution in [0.2, 0.25) is 5.02 Å². The first-order valence-electron chi connectivity index (χ1n) is 19.8. The molecule has 13 nitrogen and oxygen atoms in total. The van der Waals surface area contributed by atoms with Crippen LogP contribution in [0.4, 0.5) is 5.69 Å². The molecule has 3 aromatic carbocycles. The molecule has 4 N–H and O–H groups in total. The number of hydrogen-bond donors (Lipinski definition) is 4. The maximum atomic E-state index is 13.8. The van der Waals surface area contributed by atoms with E-state index < -0.39 is 15.9 Å². The van der Waals surface area contributed by atoms with Gasteiger partial charge in [0.1, 0.15) is 28.0 Å². The highest BCUT2D eigenvalue weighted by atomic mass is 35.5. The molecule has 15 heteroatoms. The van der Waals surface area contributed by atoms with Crippen LogP contribution in [0.1, 0.15) is 73.9 Å². The molecule has 59 heavy (non-hydrogen) atoms. The van der Waals surface area contributed by atoms with Crippen molar-refractivity contribution >= 4 is 49.7 Å². The van der Waals surface area contributed by atoms with E-state index in [1.54, 1.807) is 30.5 Å². The Kier molecular flexibility index (Phi) is 13.2. The molecule has 0 saturated carbocycles. The molecule has 3 heterocycles. The molecule has 308 valence electrons. The molecule has 0 spiro atoms. The Hall–Kier alpha value is -5.46. The van der Waals surface area contributed by atoms with Crippen molar-refractivity contribution in [1.29, 1.82) is 5.26 Å². The van der Waals surface area contributed by atoms with Gasteiger partial charge in [-0.05, 0) is 103 Å². The number of sulfonamides is 1. The summed E-state index contributed by atoms with van der Waals surface area (Å²) < 4.78 is 46.7. The molecule has 0 bridgehead atoms. The number of allylic oxidation sites excluding steroid dienone is 1. The smallest absolute Gasteiger partial charge is 0.268 e. The SMILES string of the molecule is CC1(C)CCC(CNCCNc2ccc(C(=O)NS(=O)(=O)c3cnc(OCCC4CCOCC4)c(C#N)c3)c(Oc3cccc4[nH]ncc34)c2)=C(c2ccc(Cl)cc2)C1. The average Bonchev–Trinajstić information content (AvgIpc) is 3.72. The zero-order valence-electron chi connectivity index (χ0n) is 33.1. The van der Waals surface area contributed by atoms with Crippen LogP contribution in [0.5, 0.6) is 17.4 Å². The Morgan fingerprint density at radius 1 is 1.05 bits per heavy atom. The quantitative estimate of drug-likeness (QED) is 0.0703. The first-order chi connectivity index (χ1) is 28.5. The Morgan fingerprint density at radius 3 is 2.66 bits per heavy atom. The van der Waals surface area contributed by atoms with Crippen molar-refractivity contribution in [3.05, 3.63) is 106 Å². The van der Waals surface area contributed by atoms with Crippen molar-refractivity contribution in [3.8, 4) is 23.4 Å². The molecule has 0 radical (unpaired) electrons. The number of carbonyl (C=O) groups excluding carboxylic acids is 1. The van der Waals surface area contributed by atoms with E-state index >= 15 is 0 Å². The van der Waals surface area contributed by atoms with Crippen molar-refractivity contribution < 1.29 is 27.4 Å². The van der Waals surface area contributed by atoms with Crippen molar-refractivity contribution in [2.24, 2.45) is 11.3 Å². The summed E-state index contributed by atoms with van der Waals surface area (Å²) in [6.07, 6.45) is 8.45. The molecule has 1 aliphatic heterocycles. The van der Waals surface area contributed by atoms with Crippen LogP contribution in [0.15, 0.2) is 89.6 Å². The van der Waals surface area contributed by atoms with E-state index in [1.807, 2.05) is 24.3 Å². The number of hydrogen-bond acceptors (Lipinski definition) is 11. The molecule has 2 aliphatic rings. The Labute approximate surface area is 349 Å². The Morgan fingerprint density at radius 2 is 1.86 bits per heavy atom. The van der Waals surface area contributed by atoms with E-state index in [0.29, 0.717) is 55.7 Å². The number of benzene rings is 3. The number of fused-ring (bicyclic) bond motifs is 1. The van der Waals surface area contributed by atoms with E-state index in [1.165, 1.54) is 22.8 Å². The monoisotopic (exact) mass is 837 g/mol. The molecule has 2 aromatic heterocycles. The van der Waals surface area contributed by atoms with Gasteiger partial charge in [0, 0.05) is 49.6 Å². The predicted molar refractivity (Wildman–Crippen MR) is 227 cm³/mol. The lowest BCUT2D eigenvalue weighted by molar-refractivity contribution is 0.0591. The van der Waals surface area contributed by atoms with Crippen molar-refractivity contribution in [2.75, 3.05) is 44.8 Å².